The number of hydrogen-bond acceptors (Lipinski definition) is 4. The largest absolute Gasteiger partial charge is 0.480 e. The van der Waals surface area contributed by atoms with E-state index in [2.05, 4.69) is 5.32 Å². The molecule has 1 atom stereocenters. The van der Waals surface area contributed by atoms with Crippen LogP contribution in [0.5, 0.6) is 0 Å². The minimum atomic E-state index is -1.06. The van der Waals surface area contributed by atoms with Crippen LogP contribution in [-0.4, -0.2) is 53.6 Å². The number of carboxylic acid groups (broad SMARTS) is 1. The summed E-state index contributed by atoms with van der Waals surface area (Å²) in [6, 6.07) is 6.50. The van der Waals surface area contributed by atoms with Gasteiger partial charge in [0.25, 0.3) is 11.8 Å². The molecule has 7 nitrogen and oxygen atoms in total. The molecule has 1 aliphatic heterocycles. The zero-order chi connectivity index (χ0) is 17.5. The Bertz CT molecular complexity index is 611. The van der Waals surface area contributed by atoms with E-state index < -0.39 is 12.1 Å². The van der Waals surface area contributed by atoms with Gasteiger partial charge < -0.3 is 20.1 Å². The van der Waals surface area contributed by atoms with E-state index >= 15 is 0 Å². The summed E-state index contributed by atoms with van der Waals surface area (Å²) in [4.78, 5) is 36.8. The van der Waals surface area contributed by atoms with E-state index in [-0.39, 0.29) is 18.4 Å². The van der Waals surface area contributed by atoms with E-state index in [4.69, 9.17) is 9.84 Å². The Morgan fingerprint density at radius 2 is 2.17 bits per heavy atom. The third-order valence-electron chi connectivity index (χ3n) is 3.71. The number of anilines is 1. The number of hydrogen-bond donors (Lipinski definition) is 2. The Hall–Kier alpha value is -2.41. The minimum Gasteiger partial charge on any atom is -0.480 e. The summed E-state index contributed by atoms with van der Waals surface area (Å²) < 4.78 is 5.33. The molecular weight excluding hydrogens is 312 g/mol. The van der Waals surface area contributed by atoms with Gasteiger partial charge in [-0.25, -0.2) is 0 Å². The van der Waals surface area contributed by atoms with Crippen molar-refractivity contribution in [3.63, 3.8) is 0 Å². The summed E-state index contributed by atoms with van der Waals surface area (Å²) >= 11 is 0. The number of benzene rings is 1. The molecule has 7 heteroatoms. The summed E-state index contributed by atoms with van der Waals surface area (Å²) in [6.45, 7) is 2.47. The average Bonchev–Trinajstić information content (AvgIpc) is 3.08. The normalized spacial score (nSPS) is 16.6. The van der Waals surface area contributed by atoms with E-state index in [1.165, 1.54) is 4.90 Å². The first-order valence-electron chi connectivity index (χ1n) is 8.05. The third kappa shape index (κ3) is 4.79. The van der Waals surface area contributed by atoms with Crippen LogP contribution in [0.4, 0.5) is 5.69 Å². The maximum absolute atomic E-state index is 12.5. The van der Waals surface area contributed by atoms with Gasteiger partial charge in [-0.05, 0) is 37.5 Å². The van der Waals surface area contributed by atoms with Crippen molar-refractivity contribution >= 4 is 23.5 Å². The van der Waals surface area contributed by atoms with E-state index in [9.17, 15) is 14.4 Å². The van der Waals surface area contributed by atoms with Crippen LogP contribution in [0.15, 0.2) is 24.3 Å². The van der Waals surface area contributed by atoms with Gasteiger partial charge >= 0.3 is 5.97 Å². The molecular formula is C17H22N2O5. The maximum atomic E-state index is 12.5. The summed E-state index contributed by atoms with van der Waals surface area (Å²) in [5.41, 5.74) is 0.836. The lowest BCUT2D eigenvalue weighted by molar-refractivity contribution is -0.137. The Morgan fingerprint density at radius 3 is 2.79 bits per heavy atom. The summed E-state index contributed by atoms with van der Waals surface area (Å²) in [5.74, 6) is -1.65. The number of aliphatic carboxylic acids is 1. The average molecular weight is 334 g/mol. The van der Waals surface area contributed by atoms with Crippen LogP contribution in [0.2, 0.25) is 0 Å². The van der Waals surface area contributed by atoms with E-state index in [1.807, 2.05) is 6.92 Å². The van der Waals surface area contributed by atoms with Gasteiger partial charge in [-0.3, -0.25) is 14.4 Å². The molecule has 0 aromatic heterocycles. The number of nitrogens with one attached hydrogen (secondary N) is 1. The fourth-order valence-electron chi connectivity index (χ4n) is 2.61. The summed E-state index contributed by atoms with van der Waals surface area (Å²) in [5, 5.41) is 11.7. The van der Waals surface area contributed by atoms with Crippen LogP contribution >= 0.6 is 0 Å². The van der Waals surface area contributed by atoms with Gasteiger partial charge in [0.1, 0.15) is 12.6 Å². The lowest BCUT2D eigenvalue weighted by Crippen LogP contribution is -2.36. The molecule has 1 unspecified atom stereocenters. The molecule has 0 saturated carbocycles. The standard InChI is InChI=1S/C17H22N2O5/c1-2-8-19(11-15(20)21)17(23)12-5-3-6-13(10-12)18-16(22)14-7-4-9-24-14/h3,5-6,10,14H,2,4,7-9,11H2,1H3,(H,18,22)(H,20,21). The van der Waals surface area contributed by atoms with Crippen LogP contribution < -0.4 is 5.32 Å². The van der Waals surface area contributed by atoms with Gasteiger partial charge in [0.15, 0.2) is 0 Å². The Morgan fingerprint density at radius 1 is 1.38 bits per heavy atom. The van der Waals surface area contributed by atoms with Crippen LogP contribution in [-0.2, 0) is 14.3 Å². The van der Waals surface area contributed by atoms with Crippen molar-refractivity contribution in [2.45, 2.75) is 32.3 Å². The summed E-state index contributed by atoms with van der Waals surface area (Å²) in [6.07, 6.45) is 1.76. The predicted molar refractivity (Wildman–Crippen MR) is 87.9 cm³/mol. The van der Waals surface area contributed by atoms with Gasteiger partial charge in [-0.1, -0.05) is 13.0 Å². The first-order chi connectivity index (χ1) is 11.5. The molecule has 0 bridgehead atoms. The molecule has 1 aliphatic rings. The lowest BCUT2D eigenvalue weighted by Gasteiger charge is -2.20. The molecule has 1 aromatic carbocycles. The first-order valence-corrected chi connectivity index (χ1v) is 8.05. The van der Waals surface area contributed by atoms with E-state index in [0.717, 1.165) is 6.42 Å². The molecule has 130 valence electrons. The highest BCUT2D eigenvalue weighted by Gasteiger charge is 2.24. The minimum absolute atomic E-state index is 0.229. The molecule has 1 heterocycles. The number of carboxylic acids is 1. The fourth-order valence-corrected chi connectivity index (χ4v) is 2.61. The van der Waals surface area contributed by atoms with Crippen LogP contribution in [0.3, 0.4) is 0 Å². The molecule has 0 radical (unpaired) electrons. The molecule has 1 saturated heterocycles. The molecule has 2 N–H and O–H groups in total. The lowest BCUT2D eigenvalue weighted by atomic mass is 10.1. The SMILES string of the molecule is CCCN(CC(=O)O)C(=O)c1cccc(NC(=O)C2CCCO2)c1. The fraction of sp³-hybridized carbons (Fsp3) is 0.471. The number of ether oxygens (including phenoxy) is 1. The Labute approximate surface area is 140 Å². The van der Waals surface area contributed by atoms with Gasteiger partial charge in [0.05, 0.1) is 0 Å². The van der Waals surface area contributed by atoms with Crippen molar-refractivity contribution in [3.8, 4) is 0 Å². The number of amides is 2. The smallest absolute Gasteiger partial charge is 0.323 e. The number of nitrogens with zero attached hydrogens (tertiary/aromatic N) is 1. The quantitative estimate of drug-likeness (QED) is 0.792. The molecule has 2 rings (SSSR count). The van der Waals surface area contributed by atoms with Crippen molar-refractivity contribution in [2.24, 2.45) is 0 Å². The topological polar surface area (TPSA) is 95.9 Å². The van der Waals surface area contributed by atoms with E-state index in [0.29, 0.717) is 37.2 Å². The second-order valence-corrected chi connectivity index (χ2v) is 5.69. The monoisotopic (exact) mass is 334 g/mol. The highest BCUT2D eigenvalue weighted by molar-refractivity contribution is 5.99. The zero-order valence-electron chi connectivity index (χ0n) is 13.7. The maximum Gasteiger partial charge on any atom is 0.323 e. The van der Waals surface area contributed by atoms with Gasteiger partial charge in [-0.15, -0.1) is 0 Å². The van der Waals surface area contributed by atoms with Crippen LogP contribution in [0.25, 0.3) is 0 Å². The number of carbonyl (C=O) groups excluding carboxylic acids is 2. The first kappa shape index (κ1) is 17.9. The summed E-state index contributed by atoms with van der Waals surface area (Å²) in [7, 11) is 0. The molecule has 1 fully saturated rings. The molecule has 0 aliphatic carbocycles. The van der Waals surface area contributed by atoms with Gasteiger partial charge in [-0.2, -0.15) is 0 Å². The van der Waals surface area contributed by atoms with Crippen molar-refractivity contribution in [3.05, 3.63) is 29.8 Å². The zero-order valence-corrected chi connectivity index (χ0v) is 13.7. The highest BCUT2D eigenvalue weighted by Crippen LogP contribution is 2.17. The Kier molecular flexibility index (Phi) is 6.31. The van der Waals surface area contributed by atoms with Crippen molar-refractivity contribution in [1.29, 1.82) is 0 Å². The second-order valence-electron chi connectivity index (χ2n) is 5.69. The highest BCUT2D eigenvalue weighted by atomic mass is 16.5. The molecule has 2 amide bonds. The van der Waals surface area contributed by atoms with Crippen molar-refractivity contribution in [1.82, 2.24) is 4.90 Å². The third-order valence-corrected chi connectivity index (χ3v) is 3.71. The van der Waals surface area contributed by atoms with Gasteiger partial charge in [0, 0.05) is 24.4 Å². The van der Waals surface area contributed by atoms with Crippen LogP contribution in [0.1, 0.15) is 36.5 Å². The predicted octanol–water partition coefficient (Wildman–Crippen LogP) is 1.74. The Balaban J connectivity index is 2.08. The number of carbonyl (C=O) groups is 3. The van der Waals surface area contributed by atoms with Crippen molar-refractivity contribution < 1.29 is 24.2 Å². The second kappa shape index (κ2) is 8.44. The molecule has 0 spiro atoms. The van der Waals surface area contributed by atoms with E-state index in [1.54, 1.807) is 24.3 Å². The molecule has 24 heavy (non-hydrogen) atoms. The van der Waals surface area contributed by atoms with Crippen LogP contribution in [0, 0.1) is 0 Å². The number of rotatable bonds is 7. The van der Waals surface area contributed by atoms with Gasteiger partial charge in [0.2, 0.25) is 0 Å². The van der Waals surface area contributed by atoms with Crippen molar-refractivity contribution in [2.75, 3.05) is 25.0 Å². The molecule has 1 aromatic rings.